The average Bonchev–Trinajstić information content (AvgIpc) is 2.96. The van der Waals surface area contributed by atoms with Crippen LogP contribution in [0.15, 0.2) is 30.3 Å². The Morgan fingerprint density at radius 2 is 2.00 bits per heavy atom. The van der Waals surface area contributed by atoms with Crippen LogP contribution in [0.2, 0.25) is 0 Å². The zero-order chi connectivity index (χ0) is 12.5. The molecule has 7 heteroatoms. The van der Waals surface area contributed by atoms with Gasteiger partial charge >= 0.3 is 0 Å². The van der Waals surface area contributed by atoms with Crippen molar-refractivity contribution in [2.45, 2.75) is 0 Å². The number of nitrogens with two attached hydrogens (primary N) is 1. The second-order valence-corrected chi connectivity index (χ2v) is 4.73. The largest absolute Gasteiger partial charge is 0.375 e. The van der Waals surface area contributed by atoms with Crippen LogP contribution < -0.4 is 5.73 Å². The van der Waals surface area contributed by atoms with Gasteiger partial charge in [0.1, 0.15) is 4.88 Å². The Morgan fingerprint density at radius 3 is 2.67 bits per heavy atom. The predicted octanol–water partition coefficient (Wildman–Crippen LogP) is 1.58. The van der Waals surface area contributed by atoms with Crippen molar-refractivity contribution in [1.29, 1.82) is 0 Å². The molecule has 2 N–H and O–H groups in total. The molecular formula is C11H10N6S. The molecule has 0 amide bonds. The summed E-state index contributed by atoms with van der Waals surface area (Å²) in [7, 11) is 1.73. The highest BCUT2D eigenvalue weighted by atomic mass is 32.1. The van der Waals surface area contributed by atoms with E-state index in [1.54, 1.807) is 7.05 Å². The SMILES string of the molecule is Cn1nnc(-c2sc(N)nc2-c2ccccc2)n1. The van der Waals surface area contributed by atoms with E-state index in [1.165, 1.54) is 16.1 Å². The minimum absolute atomic E-state index is 0.497. The van der Waals surface area contributed by atoms with Gasteiger partial charge in [-0.2, -0.15) is 4.80 Å². The molecule has 1 aromatic carbocycles. The number of hydrogen-bond acceptors (Lipinski definition) is 6. The van der Waals surface area contributed by atoms with Crippen LogP contribution in [0.4, 0.5) is 5.13 Å². The predicted molar refractivity (Wildman–Crippen MR) is 69.8 cm³/mol. The van der Waals surface area contributed by atoms with Crippen LogP contribution in [0, 0.1) is 0 Å². The van der Waals surface area contributed by atoms with Gasteiger partial charge in [0.05, 0.1) is 12.7 Å². The summed E-state index contributed by atoms with van der Waals surface area (Å²) >= 11 is 1.36. The maximum atomic E-state index is 5.79. The average molecular weight is 258 g/mol. The third-order valence-electron chi connectivity index (χ3n) is 2.40. The van der Waals surface area contributed by atoms with Crippen molar-refractivity contribution in [1.82, 2.24) is 25.2 Å². The number of aryl methyl sites for hydroxylation is 1. The van der Waals surface area contributed by atoms with Crippen LogP contribution in [0.1, 0.15) is 0 Å². The monoisotopic (exact) mass is 258 g/mol. The Kier molecular flexibility index (Phi) is 2.52. The standard InChI is InChI=1S/C11H10N6S/c1-17-15-10(14-16-17)9-8(13-11(12)18-9)7-5-3-2-4-6-7/h2-6H,1H3,(H2,12,13). The third kappa shape index (κ3) is 1.84. The Morgan fingerprint density at radius 1 is 1.22 bits per heavy atom. The summed E-state index contributed by atoms with van der Waals surface area (Å²) in [5, 5.41) is 12.5. The molecule has 3 aromatic rings. The van der Waals surface area contributed by atoms with Crippen molar-refractivity contribution < 1.29 is 0 Å². The van der Waals surface area contributed by atoms with Crippen molar-refractivity contribution in [2.75, 3.05) is 5.73 Å². The van der Waals surface area contributed by atoms with E-state index in [1.807, 2.05) is 30.3 Å². The molecule has 0 saturated carbocycles. The molecule has 0 bridgehead atoms. The molecule has 0 radical (unpaired) electrons. The van der Waals surface area contributed by atoms with Gasteiger partial charge in [-0.05, 0) is 5.21 Å². The normalized spacial score (nSPS) is 10.7. The number of hydrogen-bond donors (Lipinski definition) is 1. The molecule has 0 aliphatic carbocycles. The molecule has 18 heavy (non-hydrogen) atoms. The minimum atomic E-state index is 0.497. The number of thiazole rings is 1. The Labute approximate surface area is 107 Å². The summed E-state index contributed by atoms with van der Waals surface area (Å²) in [6.45, 7) is 0. The van der Waals surface area contributed by atoms with E-state index in [4.69, 9.17) is 5.73 Å². The summed E-state index contributed by atoms with van der Waals surface area (Å²) < 4.78 is 0. The fourth-order valence-corrected chi connectivity index (χ4v) is 2.43. The van der Waals surface area contributed by atoms with Crippen LogP contribution in [0.3, 0.4) is 0 Å². The number of nitrogen functional groups attached to an aromatic ring is 1. The number of tetrazole rings is 1. The summed E-state index contributed by atoms with van der Waals surface area (Å²) in [6.07, 6.45) is 0. The fraction of sp³-hybridized carbons (Fsp3) is 0.0909. The first-order valence-corrected chi connectivity index (χ1v) is 6.12. The van der Waals surface area contributed by atoms with E-state index in [9.17, 15) is 0 Å². The van der Waals surface area contributed by atoms with E-state index < -0.39 is 0 Å². The van der Waals surface area contributed by atoms with Crippen LogP contribution in [0.5, 0.6) is 0 Å². The lowest BCUT2D eigenvalue weighted by Crippen LogP contribution is -1.91. The lowest BCUT2D eigenvalue weighted by atomic mass is 10.1. The molecule has 3 rings (SSSR count). The van der Waals surface area contributed by atoms with Crippen molar-refractivity contribution in [3.63, 3.8) is 0 Å². The van der Waals surface area contributed by atoms with E-state index in [-0.39, 0.29) is 0 Å². The molecule has 0 aliphatic heterocycles. The molecule has 0 saturated heterocycles. The van der Waals surface area contributed by atoms with Crippen LogP contribution >= 0.6 is 11.3 Å². The van der Waals surface area contributed by atoms with Gasteiger partial charge in [-0.3, -0.25) is 0 Å². The third-order valence-corrected chi connectivity index (χ3v) is 3.28. The van der Waals surface area contributed by atoms with E-state index in [2.05, 4.69) is 20.4 Å². The fourth-order valence-electron chi connectivity index (χ4n) is 1.65. The van der Waals surface area contributed by atoms with E-state index in [0.29, 0.717) is 11.0 Å². The van der Waals surface area contributed by atoms with Crippen LogP contribution in [-0.2, 0) is 7.05 Å². The number of rotatable bonds is 2. The van der Waals surface area contributed by atoms with Gasteiger partial charge in [0, 0.05) is 5.56 Å². The molecular weight excluding hydrogens is 248 g/mol. The molecule has 90 valence electrons. The maximum Gasteiger partial charge on any atom is 0.217 e. The van der Waals surface area contributed by atoms with Gasteiger partial charge < -0.3 is 5.73 Å². The van der Waals surface area contributed by atoms with Gasteiger partial charge in [-0.1, -0.05) is 41.7 Å². The van der Waals surface area contributed by atoms with E-state index in [0.717, 1.165) is 16.1 Å². The van der Waals surface area contributed by atoms with Gasteiger partial charge in [0.25, 0.3) is 0 Å². The lowest BCUT2D eigenvalue weighted by molar-refractivity contribution is 0.630. The highest BCUT2D eigenvalue weighted by Crippen LogP contribution is 2.35. The van der Waals surface area contributed by atoms with Gasteiger partial charge in [0.2, 0.25) is 5.82 Å². The van der Waals surface area contributed by atoms with Crippen molar-refractivity contribution in [3.8, 4) is 22.0 Å². The zero-order valence-electron chi connectivity index (χ0n) is 9.61. The molecule has 0 spiro atoms. The molecule has 2 aromatic heterocycles. The van der Waals surface area contributed by atoms with Crippen LogP contribution in [-0.4, -0.2) is 25.2 Å². The number of anilines is 1. The molecule has 0 atom stereocenters. The maximum absolute atomic E-state index is 5.79. The lowest BCUT2D eigenvalue weighted by Gasteiger charge is -1.97. The zero-order valence-corrected chi connectivity index (χ0v) is 10.4. The summed E-state index contributed by atoms with van der Waals surface area (Å²) in [5.41, 5.74) is 7.58. The quantitative estimate of drug-likeness (QED) is 0.754. The molecule has 2 heterocycles. The van der Waals surface area contributed by atoms with Gasteiger partial charge in [-0.25, -0.2) is 4.98 Å². The first-order valence-electron chi connectivity index (χ1n) is 5.30. The van der Waals surface area contributed by atoms with Crippen LogP contribution in [0.25, 0.3) is 22.0 Å². The molecule has 0 aliphatic rings. The van der Waals surface area contributed by atoms with Gasteiger partial charge in [-0.15, -0.1) is 10.2 Å². The Hall–Kier alpha value is -2.28. The molecule has 0 unspecified atom stereocenters. The molecule has 0 fully saturated rings. The second-order valence-electron chi connectivity index (χ2n) is 3.70. The second kappa shape index (κ2) is 4.19. The first-order chi connectivity index (χ1) is 8.74. The Bertz CT molecular complexity index is 672. The number of aromatic nitrogens is 5. The van der Waals surface area contributed by atoms with E-state index >= 15 is 0 Å². The topological polar surface area (TPSA) is 82.5 Å². The molecule has 6 nitrogen and oxygen atoms in total. The number of benzene rings is 1. The van der Waals surface area contributed by atoms with Crippen molar-refractivity contribution >= 4 is 16.5 Å². The smallest absolute Gasteiger partial charge is 0.217 e. The summed E-state index contributed by atoms with van der Waals surface area (Å²) in [5.74, 6) is 0.547. The summed E-state index contributed by atoms with van der Waals surface area (Å²) in [6, 6.07) is 9.83. The first kappa shape index (κ1) is 10.8. The number of nitrogens with zero attached hydrogens (tertiary/aromatic N) is 5. The summed E-state index contributed by atoms with van der Waals surface area (Å²) in [4.78, 5) is 6.60. The Balaban J connectivity index is 2.16. The minimum Gasteiger partial charge on any atom is -0.375 e. The van der Waals surface area contributed by atoms with Gasteiger partial charge in [0.15, 0.2) is 5.13 Å². The highest BCUT2D eigenvalue weighted by molar-refractivity contribution is 7.19. The highest BCUT2D eigenvalue weighted by Gasteiger charge is 2.17. The van der Waals surface area contributed by atoms with Crippen molar-refractivity contribution in [3.05, 3.63) is 30.3 Å². The van der Waals surface area contributed by atoms with Crippen molar-refractivity contribution in [2.24, 2.45) is 7.05 Å².